The second kappa shape index (κ2) is 7.32. The average Bonchev–Trinajstić information content (AvgIpc) is 2.52. The van der Waals surface area contributed by atoms with Gasteiger partial charge >= 0.3 is 0 Å². The van der Waals surface area contributed by atoms with Crippen LogP contribution in [-0.4, -0.2) is 12.0 Å². The van der Waals surface area contributed by atoms with Crippen molar-refractivity contribution in [3.8, 4) is 5.75 Å². The van der Waals surface area contributed by atoms with Crippen LogP contribution < -0.4 is 10.1 Å². The number of hydrogen-bond acceptors (Lipinski definition) is 2. The normalized spacial score (nSPS) is 11.9. The lowest BCUT2D eigenvalue weighted by molar-refractivity contribution is -0.122. The highest BCUT2D eigenvalue weighted by molar-refractivity contribution is 5.95. The third kappa shape index (κ3) is 4.13. The van der Waals surface area contributed by atoms with Crippen molar-refractivity contribution in [2.75, 3.05) is 5.32 Å². The number of benzene rings is 2. The van der Waals surface area contributed by atoms with Gasteiger partial charge in [-0.15, -0.1) is 0 Å². The summed E-state index contributed by atoms with van der Waals surface area (Å²) in [6.07, 6.45) is 0.112. The summed E-state index contributed by atoms with van der Waals surface area (Å²) in [5.41, 5.74) is 5.46. The van der Waals surface area contributed by atoms with Crippen molar-refractivity contribution in [3.05, 3.63) is 58.7 Å². The number of amides is 1. The molecule has 0 saturated carbocycles. The Hall–Kier alpha value is -2.29. The third-order valence-electron chi connectivity index (χ3n) is 4.28. The van der Waals surface area contributed by atoms with Crippen molar-refractivity contribution < 1.29 is 9.53 Å². The average molecular weight is 311 g/mol. The van der Waals surface area contributed by atoms with Crippen LogP contribution in [0.5, 0.6) is 5.75 Å². The Morgan fingerprint density at radius 2 is 1.78 bits per heavy atom. The summed E-state index contributed by atoms with van der Waals surface area (Å²) in [5.74, 6) is 0.621. The summed E-state index contributed by atoms with van der Waals surface area (Å²) in [6, 6.07) is 11.8. The van der Waals surface area contributed by atoms with Crippen LogP contribution in [-0.2, 0) is 4.79 Å². The van der Waals surface area contributed by atoms with E-state index in [1.807, 2.05) is 64.1 Å². The van der Waals surface area contributed by atoms with Gasteiger partial charge in [0, 0.05) is 5.69 Å². The van der Waals surface area contributed by atoms with E-state index in [2.05, 4.69) is 12.2 Å². The maximum atomic E-state index is 12.5. The first kappa shape index (κ1) is 17.1. The standard InChI is InChI=1S/C20H25NO2/c1-6-19(23-17-11-10-13(2)15(4)12-17)20(22)21-18-9-7-8-14(3)16(18)5/h7-12,19H,6H2,1-5H3,(H,21,22)/t19-/m1/s1. The van der Waals surface area contributed by atoms with Crippen molar-refractivity contribution in [3.63, 3.8) is 0 Å². The number of ether oxygens (including phenoxy) is 1. The number of carbonyl (C=O) groups excluding carboxylic acids is 1. The minimum atomic E-state index is -0.503. The monoisotopic (exact) mass is 311 g/mol. The van der Waals surface area contributed by atoms with Gasteiger partial charge in [-0.2, -0.15) is 0 Å². The van der Waals surface area contributed by atoms with Gasteiger partial charge in [-0.1, -0.05) is 25.1 Å². The summed E-state index contributed by atoms with van der Waals surface area (Å²) in [6.45, 7) is 10.1. The summed E-state index contributed by atoms with van der Waals surface area (Å²) in [7, 11) is 0. The van der Waals surface area contributed by atoms with Crippen LogP contribution in [0.2, 0.25) is 0 Å². The molecular formula is C20H25NO2. The van der Waals surface area contributed by atoms with E-state index < -0.39 is 6.10 Å². The molecule has 2 rings (SSSR count). The fraction of sp³-hybridized carbons (Fsp3) is 0.350. The Balaban J connectivity index is 2.12. The molecule has 0 spiro atoms. The van der Waals surface area contributed by atoms with Gasteiger partial charge in [-0.25, -0.2) is 0 Å². The molecule has 1 N–H and O–H groups in total. The van der Waals surface area contributed by atoms with Gasteiger partial charge in [-0.3, -0.25) is 4.79 Å². The van der Waals surface area contributed by atoms with E-state index >= 15 is 0 Å². The zero-order valence-electron chi connectivity index (χ0n) is 14.6. The number of anilines is 1. The molecule has 0 fully saturated rings. The molecule has 0 aliphatic rings. The van der Waals surface area contributed by atoms with Gasteiger partial charge < -0.3 is 10.1 Å². The number of hydrogen-bond donors (Lipinski definition) is 1. The summed E-state index contributed by atoms with van der Waals surface area (Å²) in [5, 5.41) is 2.98. The van der Waals surface area contributed by atoms with Gasteiger partial charge in [0.05, 0.1) is 0 Å². The van der Waals surface area contributed by atoms with E-state index in [-0.39, 0.29) is 5.91 Å². The summed E-state index contributed by atoms with van der Waals surface area (Å²) >= 11 is 0. The minimum Gasteiger partial charge on any atom is -0.481 e. The van der Waals surface area contributed by atoms with Crippen molar-refractivity contribution >= 4 is 11.6 Å². The molecule has 0 radical (unpaired) electrons. The van der Waals surface area contributed by atoms with Gasteiger partial charge in [0.15, 0.2) is 6.10 Å². The molecule has 0 aliphatic heterocycles. The van der Waals surface area contributed by atoms with Crippen molar-refractivity contribution in [1.82, 2.24) is 0 Å². The van der Waals surface area contributed by atoms with Crippen LogP contribution in [0, 0.1) is 27.7 Å². The number of aryl methyl sites for hydroxylation is 3. The predicted molar refractivity (Wildman–Crippen MR) is 95.2 cm³/mol. The first-order chi connectivity index (χ1) is 10.9. The van der Waals surface area contributed by atoms with E-state index in [1.165, 1.54) is 5.56 Å². The molecule has 0 aliphatic carbocycles. The third-order valence-corrected chi connectivity index (χ3v) is 4.28. The van der Waals surface area contributed by atoms with E-state index in [0.717, 1.165) is 28.1 Å². The van der Waals surface area contributed by atoms with E-state index in [4.69, 9.17) is 4.74 Å². The van der Waals surface area contributed by atoms with Gasteiger partial charge in [0.25, 0.3) is 5.91 Å². The molecule has 0 aromatic heterocycles. The lowest BCUT2D eigenvalue weighted by atomic mass is 10.1. The molecule has 3 nitrogen and oxygen atoms in total. The highest BCUT2D eigenvalue weighted by Gasteiger charge is 2.19. The predicted octanol–water partition coefficient (Wildman–Crippen LogP) is 4.72. The van der Waals surface area contributed by atoms with Crippen molar-refractivity contribution in [2.45, 2.75) is 47.1 Å². The molecule has 1 atom stereocenters. The van der Waals surface area contributed by atoms with Gasteiger partial charge in [0.1, 0.15) is 5.75 Å². The molecule has 3 heteroatoms. The Morgan fingerprint density at radius 3 is 2.43 bits per heavy atom. The molecule has 0 unspecified atom stereocenters. The van der Waals surface area contributed by atoms with Crippen LogP contribution in [0.3, 0.4) is 0 Å². The van der Waals surface area contributed by atoms with Gasteiger partial charge in [0.2, 0.25) is 0 Å². The molecule has 122 valence electrons. The largest absolute Gasteiger partial charge is 0.481 e. The molecule has 0 heterocycles. The van der Waals surface area contributed by atoms with Crippen LogP contribution in [0.25, 0.3) is 0 Å². The topological polar surface area (TPSA) is 38.3 Å². The van der Waals surface area contributed by atoms with Crippen molar-refractivity contribution in [2.24, 2.45) is 0 Å². The second-order valence-electron chi connectivity index (χ2n) is 6.00. The Morgan fingerprint density at radius 1 is 1.04 bits per heavy atom. The summed E-state index contributed by atoms with van der Waals surface area (Å²) < 4.78 is 5.89. The second-order valence-corrected chi connectivity index (χ2v) is 6.00. The van der Waals surface area contributed by atoms with E-state index in [0.29, 0.717) is 6.42 Å². The lowest BCUT2D eigenvalue weighted by Gasteiger charge is -2.19. The maximum Gasteiger partial charge on any atom is 0.265 e. The van der Waals surface area contributed by atoms with Crippen LogP contribution in [0.4, 0.5) is 5.69 Å². The zero-order chi connectivity index (χ0) is 17.0. The fourth-order valence-corrected chi connectivity index (χ4v) is 2.37. The number of rotatable bonds is 5. The van der Waals surface area contributed by atoms with E-state index in [1.54, 1.807) is 0 Å². The Bertz CT molecular complexity index is 707. The first-order valence-electron chi connectivity index (χ1n) is 8.03. The highest BCUT2D eigenvalue weighted by atomic mass is 16.5. The molecular weight excluding hydrogens is 286 g/mol. The Labute approximate surface area is 138 Å². The maximum absolute atomic E-state index is 12.5. The smallest absolute Gasteiger partial charge is 0.265 e. The number of nitrogens with one attached hydrogen (secondary N) is 1. The molecule has 2 aromatic rings. The lowest BCUT2D eigenvalue weighted by Crippen LogP contribution is -2.32. The summed E-state index contributed by atoms with van der Waals surface area (Å²) in [4.78, 5) is 12.5. The molecule has 2 aromatic carbocycles. The van der Waals surface area contributed by atoms with Gasteiger partial charge in [-0.05, 0) is 74.6 Å². The Kier molecular flexibility index (Phi) is 5.43. The highest BCUT2D eigenvalue weighted by Crippen LogP contribution is 2.21. The zero-order valence-corrected chi connectivity index (χ0v) is 14.6. The van der Waals surface area contributed by atoms with Crippen LogP contribution in [0.15, 0.2) is 36.4 Å². The quantitative estimate of drug-likeness (QED) is 0.868. The molecule has 1 amide bonds. The van der Waals surface area contributed by atoms with E-state index in [9.17, 15) is 4.79 Å². The van der Waals surface area contributed by atoms with Crippen molar-refractivity contribution in [1.29, 1.82) is 0 Å². The fourth-order valence-electron chi connectivity index (χ4n) is 2.37. The first-order valence-corrected chi connectivity index (χ1v) is 8.03. The number of carbonyl (C=O) groups is 1. The van der Waals surface area contributed by atoms with Crippen LogP contribution in [0.1, 0.15) is 35.6 Å². The minimum absolute atomic E-state index is 0.112. The molecule has 23 heavy (non-hydrogen) atoms. The molecule has 0 bridgehead atoms. The van der Waals surface area contributed by atoms with Crippen LogP contribution >= 0.6 is 0 Å². The molecule has 0 saturated heterocycles. The SMILES string of the molecule is CC[C@@H](Oc1ccc(C)c(C)c1)C(=O)Nc1cccc(C)c1C.